The normalized spacial score (nSPS) is 14.1. The van der Waals surface area contributed by atoms with Gasteiger partial charge in [0.1, 0.15) is 6.34 Å². The van der Waals surface area contributed by atoms with E-state index in [0.717, 1.165) is 32.2 Å². The molecule has 0 rings (SSSR count). The van der Waals surface area contributed by atoms with Crippen LogP contribution in [0.5, 0.6) is 0 Å². The monoisotopic (exact) mass is 239 g/mol. The van der Waals surface area contributed by atoms with Crippen LogP contribution in [0.15, 0.2) is 15.2 Å². The van der Waals surface area contributed by atoms with Crippen molar-refractivity contribution in [1.29, 1.82) is 0 Å². The molecule has 0 aliphatic carbocycles. The first-order chi connectivity index (χ1) is 8.20. The van der Waals surface area contributed by atoms with Gasteiger partial charge in [-0.1, -0.05) is 13.3 Å². The Morgan fingerprint density at radius 2 is 2.00 bits per heavy atom. The molecule has 0 heterocycles. The molecule has 1 unspecified atom stereocenters. The Morgan fingerprint density at radius 1 is 1.24 bits per heavy atom. The second-order valence-corrected chi connectivity index (χ2v) is 4.04. The van der Waals surface area contributed by atoms with Crippen molar-refractivity contribution in [2.45, 2.75) is 38.6 Å². The Balaban J connectivity index is 3.62. The second kappa shape index (κ2) is 11.3. The van der Waals surface area contributed by atoms with Crippen molar-refractivity contribution >= 4 is 18.8 Å². The molecule has 5 nitrogen and oxygen atoms in total. The fourth-order valence-electron chi connectivity index (χ4n) is 1.28. The number of rotatable bonds is 9. The molecule has 0 saturated heterocycles. The van der Waals surface area contributed by atoms with Gasteiger partial charge in [-0.05, 0) is 19.3 Å². The number of hydrogen-bond acceptors (Lipinski definition) is 4. The smallest absolute Gasteiger partial charge is 0.114 e. The largest absolute Gasteiger partial charge is 0.359 e. The van der Waals surface area contributed by atoms with Crippen molar-refractivity contribution in [3.05, 3.63) is 0 Å². The number of hydrogen-bond donors (Lipinski definition) is 1. The van der Waals surface area contributed by atoms with Gasteiger partial charge in [-0.2, -0.15) is 5.10 Å². The van der Waals surface area contributed by atoms with Crippen molar-refractivity contribution in [3.8, 4) is 0 Å². The lowest BCUT2D eigenvalue weighted by molar-refractivity contribution is 0.573. The van der Waals surface area contributed by atoms with Crippen molar-refractivity contribution in [2.24, 2.45) is 20.9 Å². The zero-order chi connectivity index (χ0) is 12.9. The summed E-state index contributed by atoms with van der Waals surface area (Å²) in [6, 6.07) is 0.291. The van der Waals surface area contributed by atoms with Crippen LogP contribution in [0.2, 0.25) is 0 Å². The molecule has 0 amide bonds. The first-order valence-corrected chi connectivity index (χ1v) is 6.12. The average molecular weight is 239 g/mol. The molecule has 0 aromatic carbocycles. The van der Waals surface area contributed by atoms with Gasteiger partial charge in [0.2, 0.25) is 0 Å². The maximum absolute atomic E-state index is 5.88. The lowest BCUT2D eigenvalue weighted by Crippen LogP contribution is -2.19. The Morgan fingerprint density at radius 3 is 2.65 bits per heavy atom. The summed E-state index contributed by atoms with van der Waals surface area (Å²) >= 11 is 0. The molecule has 0 saturated carbocycles. The van der Waals surface area contributed by atoms with Gasteiger partial charge in [-0.15, -0.1) is 5.10 Å². The van der Waals surface area contributed by atoms with Crippen molar-refractivity contribution in [1.82, 2.24) is 4.90 Å². The number of nitrogens with two attached hydrogens (primary N) is 1. The van der Waals surface area contributed by atoms with Gasteiger partial charge < -0.3 is 10.6 Å². The minimum absolute atomic E-state index is 0.291. The fourth-order valence-corrected chi connectivity index (χ4v) is 1.28. The van der Waals surface area contributed by atoms with Crippen LogP contribution in [0.3, 0.4) is 0 Å². The number of nitrogens with zero attached hydrogens (tertiary/aromatic N) is 4. The molecule has 0 aliphatic rings. The summed E-state index contributed by atoms with van der Waals surface area (Å²) in [4.78, 5) is 5.80. The van der Waals surface area contributed by atoms with E-state index in [0.29, 0.717) is 6.04 Å². The first-order valence-electron chi connectivity index (χ1n) is 6.12. The van der Waals surface area contributed by atoms with E-state index in [1.54, 1.807) is 13.4 Å². The third kappa shape index (κ3) is 11.0. The Labute approximate surface area is 105 Å². The third-order valence-electron chi connectivity index (χ3n) is 2.28. The zero-order valence-corrected chi connectivity index (χ0v) is 11.2. The molecule has 0 aromatic heterocycles. The van der Waals surface area contributed by atoms with E-state index in [1.165, 1.54) is 0 Å². The van der Waals surface area contributed by atoms with E-state index in [9.17, 15) is 0 Å². The minimum atomic E-state index is 0.291. The van der Waals surface area contributed by atoms with Crippen LogP contribution in [-0.2, 0) is 0 Å². The van der Waals surface area contributed by atoms with Crippen LogP contribution in [0, 0.1) is 0 Å². The van der Waals surface area contributed by atoms with Crippen LogP contribution in [0.25, 0.3) is 0 Å². The zero-order valence-electron chi connectivity index (χ0n) is 11.2. The topological polar surface area (TPSA) is 66.3 Å². The highest BCUT2D eigenvalue weighted by atomic mass is 15.3. The van der Waals surface area contributed by atoms with Crippen molar-refractivity contribution < 1.29 is 0 Å². The van der Waals surface area contributed by atoms with E-state index in [4.69, 9.17) is 5.73 Å². The van der Waals surface area contributed by atoms with Gasteiger partial charge in [-0.25, -0.2) is 0 Å². The van der Waals surface area contributed by atoms with Crippen LogP contribution in [-0.4, -0.2) is 50.3 Å². The van der Waals surface area contributed by atoms with Gasteiger partial charge >= 0.3 is 0 Å². The maximum Gasteiger partial charge on any atom is 0.114 e. The Bertz CT molecular complexity index is 247. The average Bonchev–Trinajstić information content (AvgIpc) is 2.31. The summed E-state index contributed by atoms with van der Waals surface area (Å²) in [6.45, 7) is 2.89. The van der Waals surface area contributed by atoms with Crippen molar-refractivity contribution in [2.75, 3.05) is 20.6 Å². The summed E-state index contributed by atoms with van der Waals surface area (Å²) in [6.07, 6.45) is 9.40. The van der Waals surface area contributed by atoms with Gasteiger partial charge in [0.05, 0.1) is 6.54 Å². The highest BCUT2D eigenvalue weighted by Crippen LogP contribution is 1.99. The fraction of sp³-hybridized carbons (Fsp3) is 0.750. The molecular weight excluding hydrogens is 214 g/mol. The van der Waals surface area contributed by atoms with Gasteiger partial charge in [0, 0.05) is 32.6 Å². The molecule has 0 aliphatic heterocycles. The molecule has 5 heteroatoms. The first kappa shape index (κ1) is 15.8. The molecule has 98 valence electrons. The van der Waals surface area contributed by atoms with E-state index in [2.05, 4.69) is 22.1 Å². The molecule has 0 spiro atoms. The maximum atomic E-state index is 5.88. The predicted octanol–water partition coefficient (Wildman–Crippen LogP) is 1.54. The van der Waals surface area contributed by atoms with Crippen LogP contribution >= 0.6 is 0 Å². The standard InChI is InChI=1S/C12H25N5/c1-4-6-12(13)7-5-8-15-16-11-17(3)10-9-14-2/h8-9,11-12H,4-7,10,13H2,1-3H3. The summed E-state index contributed by atoms with van der Waals surface area (Å²) in [7, 11) is 3.68. The Kier molecular flexibility index (Phi) is 10.4. The highest BCUT2D eigenvalue weighted by Gasteiger charge is 1.97. The van der Waals surface area contributed by atoms with E-state index < -0.39 is 0 Å². The van der Waals surface area contributed by atoms with E-state index in [1.807, 2.05) is 24.4 Å². The quantitative estimate of drug-likeness (QED) is 0.377. The van der Waals surface area contributed by atoms with Crippen LogP contribution < -0.4 is 5.73 Å². The minimum Gasteiger partial charge on any atom is -0.359 e. The lowest BCUT2D eigenvalue weighted by atomic mass is 10.1. The molecule has 17 heavy (non-hydrogen) atoms. The van der Waals surface area contributed by atoms with Gasteiger partial charge in [-0.3, -0.25) is 4.99 Å². The predicted molar refractivity (Wildman–Crippen MR) is 76.1 cm³/mol. The Hall–Kier alpha value is -1.23. The molecule has 0 radical (unpaired) electrons. The van der Waals surface area contributed by atoms with Crippen LogP contribution in [0.1, 0.15) is 32.6 Å². The summed E-state index contributed by atoms with van der Waals surface area (Å²) in [5.74, 6) is 0. The van der Waals surface area contributed by atoms with E-state index >= 15 is 0 Å². The molecule has 0 bridgehead atoms. The summed E-state index contributed by atoms with van der Waals surface area (Å²) in [5.41, 5.74) is 5.88. The van der Waals surface area contributed by atoms with Crippen LogP contribution in [0.4, 0.5) is 0 Å². The van der Waals surface area contributed by atoms with Crippen molar-refractivity contribution in [3.63, 3.8) is 0 Å². The third-order valence-corrected chi connectivity index (χ3v) is 2.28. The second-order valence-electron chi connectivity index (χ2n) is 4.04. The molecule has 0 aromatic rings. The van der Waals surface area contributed by atoms with Gasteiger partial charge in [0.25, 0.3) is 0 Å². The molecule has 0 fully saturated rings. The van der Waals surface area contributed by atoms with Gasteiger partial charge in [0.15, 0.2) is 0 Å². The van der Waals surface area contributed by atoms with E-state index in [-0.39, 0.29) is 0 Å². The SMILES string of the molecule is CCCC(N)CCC=NN=CN(C)CC=NC. The summed E-state index contributed by atoms with van der Waals surface area (Å²) < 4.78 is 0. The molecular formula is C12H25N5. The lowest BCUT2D eigenvalue weighted by Gasteiger charge is -2.07. The summed E-state index contributed by atoms with van der Waals surface area (Å²) in [5, 5.41) is 7.89. The molecule has 2 N–H and O–H groups in total. The number of aliphatic imine (C=N–C) groups is 1. The highest BCUT2D eigenvalue weighted by molar-refractivity contribution is 5.66. The molecule has 1 atom stereocenters.